The van der Waals surface area contributed by atoms with E-state index in [0.717, 1.165) is 30.2 Å². The molecule has 5 nitrogen and oxygen atoms in total. The summed E-state index contributed by atoms with van der Waals surface area (Å²) in [5.74, 6) is 1.36. The second-order valence-electron chi connectivity index (χ2n) is 3.99. The lowest BCUT2D eigenvalue weighted by molar-refractivity contribution is -0.117. The fourth-order valence-corrected chi connectivity index (χ4v) is 2.07. The first-order valence-electron chi connectivity index (χ1n) is 5.53. The number of nitrogens with zero attached hydrogens (tertiary/aromatic N) is 3. The molecule has 3 rings (SSSR count). The quantitative estimate of drug-likeness (QED) is 0.716. The van der Waals surface area contributed by atoms with Gasteiger partial charge in [-0.05, 0) is 12.1 Å². The van der Waals surface area contributed by atoms with Crippen molar-refractivity contribution in [3.05, 3.63) is 29.8 Å². The van der Waals surface area contributed by atoms with Gasteiger partial charge in [0.05, 0.1) is 12.2 Å². The van der Waals surface area contributed by atoms with Crippen LogP contribution in [0.4, 0.5) is 5.69 Å². The molecule has 2 aliphatic rings. The zero-order valence-corrected chi connectivity index (χ0v) is 9.47. The molecule has 2 aliphatic heterocycles. The predicted molar refractivity (Wildman–Crippen MR) is 65.5 cm³/mol. The minimum Gasteiger partial charge on any atom is -0.296 e. The van der Waals surface area contributed by atoms with Crippen molar-refractivity contribution in [3.8, 4) is 0 Å². The summed E-state index contributed by atoms with van der Waals surface area (Å²) in [4.78, 5) is 22.0. The maximum atomic E-state index is 11.2. The number of carbonyl (C=O) groups excluding carboxylic acids is 1. The van der Waals surface area contributed by atoms with E-state index in [1.807, 2.05) is 29.2 Å². The number of rotatable bonds is 0. The molecule has 0 saturated heterocycles. The van der Waals surface area contributed by atoms with E-state index in [-0.39, 0.29) is 5.91 Å². The molecular formula is C12H12N4O. The zero-order chi connectivity index (χ0) is 11.8. The second-order valence-corrected chi connectivity index (χ2v) is 3.99. The summed E-state index contributed by atoms with van der Waals surface area (Å²) >= 11 is 0. The predicted octanol–water partition coefficient (Wildman–Crippen LogP) is 0.886. The molecule has 0 saturated carbocycles. The Labute approximate surface area is 98.9 Å². The van der Waals surface area contributed by atoms with Gasteiger partial charge in [-0.3, -0.25) is 20.0 Å². The first-order valence-corrected chi connectivity index (χ1v) is 5.53. The van der Waals surface area contributed by atoms with E-state index < -0.39 is 0 Å². The second kappa shape index (κ2) is 3.69. The third-order valence-corrected chi connectivity index (χ3v) is 2.76. The van der Waals surface area contributed by atoms with Crippen molar-refractivity contribution in [2.75, 3.05) is 13.1 Å². The van der Waals surface area contributed by atoms with Gasteiger partial charge in [-0.15, -0.1) is 0 Å². The number of hydrogen-bond donors (Lipinski definition) is 1. The lowest BCUT2D eigenvalue weighted by Crippen LogP contribution is -2.46. The van der Waals surface area contributed by atoms with Crippen LogP contribution in [0.25, 0.3) is 0 Å². The largest absolute Gasteiger partial charge is 0.296 e. The van der Waals surface area contributed by atoms with Gasteiger partial charge < -0.3 is 0 Å². The Morgan fingerprint density at radius 1 is 1.41 bits per heavy atom. The fourth-order valence-electron chi connectivity index (χ4n) is 2.07. The summed E-state index contributed by atoms with van der Waals surface area (Å²) in [7, 11) is 0. The van der Waals surface area contributed by atoms with Gasteiger partial charge >= 0.3 is 0 Å². The number of aliphatic imine (C=N–C) groups is 2. The molecule has 0 unspecified atom stereocenters. The number of guanidine groups is 1. The number of nitrogens with one attached hydrogen (secondary N) is 1. The molecule has 0 aliphatic carbocycles. The van der Waals surface area contributed by atoms with Crippen molar-refractivity contribution in [2.24, 2.45) is 9.98 Å². The Balaban J connectivity index is 2.10. The molecule has 1 aromatic rings. The zero-order valence-electron chi connectivity index (χ0n) is 9.47. The first kappa shape index (κ1) is 10.0. The van der Waals surface area contributed by atoms with Gasteiger partial charge in [-0.1, -0.05) is 12.1 Å². The van der Waals surface area contributed by atoms with Crippen LogP contribution >= 0.6 is 0 Å². The van der Waals surface area contributed by atoms with Crippen LogP contribution in [-0.4, -0.2) is 35.7 Å². The van der Waals surface area contributed by atoms with Crippen molar-refractivity contribution in [3.63, 3.8) is 0 Å². The van der Waals surface area contributed by atoms with Gasteiger partial charge in [-0.2, -0.15) is 0 Å². The number of carbonyl (C=O) groups is 1. The highest BCUT2D eigenvalue weighted by molar-refractivity contribution is 6.17. The minimum atomic E-state index is -0.116. The normalized spacial score (nSPS) is 16.9. The molecular weight excluding hydrogens is 216 g/mol. The van der Waals surface area contributed by atoms with Gasteiger partial charge in [0.1, 0.15) is 5.84 Å². The average molecular weight is 228 g/mol. The van der Waals surface area contributed by atoms with E-state index in [1.165, 1.54) is 6.92 Å². The smallest absolute Gasteiger partial charge is 0.223 e. The van der Waals surface area contributed by atoms with Gasteiger partial charge in [0.25, 0.3) is 0 Å². The Morgan fingerprint density at radius 3 is 3.06 bits per heavy atom. The molecule has 17 heavy (non-hydrogen) atoms. The topological polar surface area (TPSA) is 57.1 Å². The van der Waals surface area contributed by atoms with E-state index in [9.17, 15) is 4.79 Å². The van der Waals surface area contributed by atoms with Crippen molar-refractivity contribution in [2.45, 2.75) is 6.92 Å². The Bertz CT molecular complexity index is 547. The summed E-state index contributed by atoms with van der Waals surface area (Å²) in [5, 5.41) is 2.75. The van der Waals surface area contributed by atoms with E-state index in [1.54, 1.807) is 0 Å². The number of hydrogen-bond acceptors (Lipinski definition) is 4. The summed E-state index contributed by atoms with van der Waals surface area (Å²) < 4.78 is 0. The third-order valence-electron chi connectivity index (χ3n) is 2.76. The van der Waals surface area contributed by atoms with Crippen molar-refractivity contribution in [1.29, 1.82) is 0 Å². The van der Waals surface area contributed by atoms with E-state index in [4.69, 9.17) is 0 Å². The molecule has 1 amide bonds. The molecule has 2 heterocycles. The Morgan fingerprint density at radius 2 is 2.24 bits per heavy atom. The number of amides is 1. The number of para-hydroxylation sites is 1. The molecule has 86 valence electrons. The maximum absolute atomic E-state index is 11.2. The minimum absolute atomic E-state index is 0.116. The summed E-state index contributed by atoms with van der Waals surface area (Å²) in [6.45, 7) is 2.99. The van der Waals surface area contributed by atoms with Crippen LogP contribution in [0.5, 0.6) is 0 Å². The maximum Gasteiger partial charge on any atom is 0.223 e. The third kappa shape index (κ3) is 1.60. The van der Waals surface area contributed by atoms with Crippen LogP contribution in [0.3, 0.4) is 0 Å². The van der Waals surface area contributed by atoms with E-state index >= 15 is 0 Å². The van der Waals surface area contributed by atoms with Crippen LogP contribution in [0, 0.1) is 0 Å². The van der Waals surface area contributed by atoms with Crippen LogP contribution in [0.2, 0.25) is 0 Å². The highest BCUT2D eigenvalue weighted by Crippen LogP contribution is 2.27. The van der Waals surface area contributed by atoms with Crippen LogP contribution in [-0.2, 0) is 4.79 Å². The van der Waals surface area contributed by atoms with Crippen molar-refractivity contribution in [1.82, 2.24) is 10.2 Å². The van der Waals surface area contributed by atoms with Crippen LogP contribution < -0.4 is 5.32 Å². The monoisotopic (exact) mass is 228 g/mol. The fraction of sp³-hybridized carbons (Fsp3) is 0.250. The average Bonchev–Trinajstić information content (AvgIpc) is 2.78. The first-order chi connectivity index (χ1) is 8.25. The summed E-state index contributed by atoms with van der Waals surface area (Å²) in [6, 6.07) is 7.82. The standard InChI is InChI=1S/C12H12N4O/c1-8(17)14-12-15-10-5-3-2-4-9(10)11-13-6-7-16(11)12/h2-5H,6-7H2,1H3,(H,14,15,17). The SMILES string of the molecule is CC(=O)NC1=Nc2ccccc2C2=NCCN12. The number of benzene rings is 1. The van der Waals surface area contributed by atoms with Gasteiger partial charge in [-0.25, -0.2) is 4.99 Å². The molecule has 5 heteroatoms. The summed E-state index contributed by atoms with van der Waals surface area (Å²) in [5.41, 5.74) is 1.88. The molecule has 1 aromatic carbocycles. The van der Waals surface area contributed by atoms with Gasteiger partial charge in [0.15, 0.2) is 0 Å². The van der Waals surface area contributed by atoms with Crippen molar-refractivity contribution >= 4 is 23.4 Å². The molecule has 0 radical (unpaired) electrons. The van der Waals surface area contributed by atoms with E-state index in [2.05, 4.69) is 15.3 Å². The lowest BCUT2D eigenvalue weighted by atomic mass is 10.1. The number of amidine groups is 1. The van der Waals surface area contributed by atoms with Crippen LogP contribution in [0.1, 0.15) is 12.5 Å². The lowest BCUT2D eigenvalue weighted by Gasteiger charge is -2.26. The van der Waals surface area contributed by atoms with E-state index in [0.29, 0.717) is 5.96 Å². The van der Waals surface area contributed by atoms with Gasteiger partial charge in [0, 0.05) is 19.0 Å². The number of fused-ring (bicyclic) bond motifs is 3. The molecule has 0 bridgehead atoms. The molecule has 0 aromatic heterocycles. The Kier molecular flexibility index (Phi) is 2.18. The molecule has 1 N–H and O–H groups in total. The molecule has 0 atom stereocenters. The highest BCUT2D eigenvalue weighted by atomic mass is 16.1. The van der Waals surface area contributed by atoms with Crippen molar-refractivity contribution < 1.29 is 4.79 Å². The van der Waals surface area contributed by atoms with Gasteiger partial charge in [0.2, 0.25) is 11.9 Å². The molecule has 0 spiro atoms. The molecule has 0 fully saturated rings. The Hall–Kier alpha value is -2.17. The highest BCUT2D eigenvalue weighted by Gasteiger charge is 2.29. The van der Waals surface area contributed by atoms with Crippen LogP contribution in [0.15, 0.2) is 34.3 Å². The summed E-state index contributed by atoms with van der Waals surface area (Å²) in [6.07, 6.45) is 0.